The predicted octanol–water partition coefficient (Wildman–Crippen LogP) is 4.55. The van der Waals surface area contributed by atoms with Crippen LogP contribution in [-0.4, -0.2) is 29.2 Å². The second kappa shape index (κ2) is 6.59. The van der Waals surface area contributed by atoms with E-state index < -0.39 is 0 Å². The van der Waals surface area contributed by atoms with E-state index in [0.717, 1.165) is 25.7 Å². The van der Waals surface area contributed by atoms with Crippen LogP contribution in [0.1, 0.15) is 61.8 Å². The molecular weight excluding hydrogens is 382 g/mol. The maximum absolute atomic E-state index is 6.82. The molecule has 4 heteroatoms. The lowest BCUT2D eigenvalue weighted by Gasteiger charge is -2.33. The average molecular weight is 416 g/mol. The van der Waals surface area contributed by atoms with E-state index in [9.17, 15) is 0 Å². The zero-order valence-electron chi connectivity index (χ0n) is 18.7. The molecule has 0 saturated heterocycles. The number of ether oxygens (including phenoxy) is 1. The Morgan fingerprint density at radius 3 is 2.61 bits per heavy atom. The van der Waals surface area contributed by atoms with E-state index in [1.54, 1.807) is 0 Å². The van der Waals surface area contributed by atoms with Crippen LogP contribution in [0.5, 0.6) is 0 Å². The third-order valence-corrected chi connectivity index (χ3v) is 8.62. The number of nitrogens with two attached hydrogens (primary N) is 1. The largest absolute Gasteiger partial charge is 0.370 e. The average Bonchev–Trinajstić information content (AvgIpc) is 3.20. The maximum Gasteiger partial charge on any atom is 0.194 e. The Morgan fingerprint density at radius 1 is 1.03 bits per heavy atom. The van der Waals surface area contributed by atoms with Gasteiger partial charge in [-0.1, -0.05) is 61.4 Å². The maximum atomic E-state index is 6.82. The fourth-order valence-corrected chi connectivity index (χ4v) is 7.15. The Labute approximate surface area is 185 Å². The normalized spacial score (nSPS) is 33.1. The van der Waals surface area contributed by atoms with Crippen LogP contribution in [0.3, 0.4) is 0 Å². The fraction of sp³-hybridized carbons (Fsp3) is 0.519. The molecule has 1 heterocycles. The van der Waals surface area contributed by atoms with Crippen LogP contribution in [0.25, 0.3) is 0 Å². The first-order valence-corrected chi connectivity index (χ1v) is 12.0. The predicted molar refractivity (Wildman–Crippen MR) is 124 cm³/mol. The molecule has 4 aliphatic rings. The Hall–Kier alpha value is -2.33. The highest BCUT2D eigenvalue weighted by atomic mass is 16.5. The van der Waals surface area contributed by atoms with E-state index in [4.69, 9.17) is 15.5 Å². The first-order chi connectivity index (χ1) is 15.0. The topological polar surface area (TPSA) is 50.8 Å². The monoisotopic (exact) mass is 415 g/mol. The molecule has 31 heavy (non-hydrogen) atoms. The van der Waals surface area contributed by atoms with Crippen LogP contribution in [0.4, 0.5) is 0 Å². The summed E-state index contributed by atoms with van der Waals surface area (Å²) in [6, 6.07) is 18.2. The Bertz CT molecular complexity index is 1050. The van der Waals surface area contributed by atoms with Gasteiger partial charge in [0.2, 0.25) is 0 Å². The van der Waals surface area contributed by atoms with E-state index in [0.29, 0.717) is 12.7 Å². The lowest BCUT2D eigenvalue weighted by Crippen LogP contribution is -2.44. The third-order valence-electron chi connectivity index (χ3n) is 8.62. The number of aryl methyl sites for hydroxylation is 2. The van der Waals surface area contributed by atoms with Crippen LogP contribution in [0, 0.1) is 5.41 Å². The van der Waals surface area contributed by atoms with Gasteiger partial charge in [-0.3, -0.25) is 0 Å². The van der Waals surface area contributed by atoms with Gasteiger partial charge in [0.05, 0.1) is 0 Å². The van der Waals surface area contributed by atoms with Gasteiger partial charge in [0.25, 0.3) is 0 Å². The fourth-order valence-electron chi connectivity index (χ4n) is 7.15. The van der Waals surface area contributed by atoms with Crippen molar-refractivity contribution < 1.29 is 4.74 Å². The minimum absolute atomic E-state index is 0.103. The van der Waals surface area contributed by atoms with Gasteiger partial charge in [-0.25, -0.2) is 4.99 Å². The van der Waals surface area contributed by atoms with Gasteiger partial charge in [-0.2, -0.15) is 0 Å². The quantitative estimate of drug-likeness (QED) is 0.797. The number of hydrogen-bond donors (Lipinski definition) is 1. The SMILES string of the molecule is CC(C)N1COC23CCCC[C@]24Cc2ccc(CCc5ccccc5)cc2C34N=C1N. The van der Waals surface area contributed by atoms with Crippen LogP contribution in [0.2, 0.25) is 0 Å². The summed E-state index contributed by atoms with van der Waals surface area (Å²) in [6.07, 6.45) is 7.98. The summed E-state index contributed by atoms with van der Waals surface area (Å²) in [6.45, 7) is 4.88. The number of rotatable bonds is 4. The molecule has 3 aliphatic carbocycles. The molecule has 3 atom stereocenters. The van der Waals surface area contributed by atoms with E-state index >= 15 is 0 Å². The van der Waals surface area contributed by atoms with E-state index in [2.05, 4.69) is 67.3 Å². The molecule has 6 rings (SSSR count). The molecule has 0 aromatic heterocycles. The van der Waals surface area contributed by atoms with Crippen molar-refractivity contribution >= 4 is 5.96 Å². The summed E-state index contributed by atoms with van der Waals surface area (Å²) in [5.41, 5.74) is 11.9. The molecule has 0 bridgehead atoms. The lowest BCUT2D eigenvalue weighted by molar-refractivity contribution is -0.0644. The van der Waals surface area contributed by atoms with Gasteiger partial charge < -0.3 is 15.4 Å². The molecule has 0 radical (unpaired) electrons. The van der Waals surface area contributed by atoms with E-state index in [1.807, 2.05) is 0 Å². The minimum Gasteiger partial charge on any atom is -0.370 e. The van der Waals surface area contributed by atoms with Gasteiger partial charge in [0.1, 0.15) is 17.9 Å². The second-order valence-corrected chi connectivity index (χ2v) is 10.3. The molecule has 2 saturated carbocycles. The van der Waals surface area contributed by atoms with Crippen LogP contribution >= 0.6 is 0 Å². The molecule has 2 unspecified atom stereocenters. The molecule has 2 aromatic carbocycles. The number of benzene rings is 2. The Kier molecular flexibility index (Phi) is 4.11. The molecule has 2 aromatic rings. The van der Waals surface area contributed by atoms with Crippen LogP contribution in [-0.2, 0) is 29.5 Å². The van der Waals surface area contributed by atoms with Crippen molar-refractivity contribution in [2.75, 3.05) is 6.73 Å². The summed E-state index contributed by atoms with van der Waals surface area (Å²) in [7, 11) is 0. The van der Waals surface area contributed by atoms with Crippen molar-refractivity contribution in [3.63, 3.8) is 0 Å². The van der Waals surface area contributed by atoms with Crippen molar-refractivity contribution in [3.05, 3.63) is 70.8 Å². The molecular formula is C27H33N3O. The lowest BCUT2D eigenvalue weighted by atomic mass is 9.82. The highest BCUT2D eigenvalue weighted by molar-refractivity contribution is 5.81. The summed E-state index contributed by atoms with van der Waals surface area (Å²) < 4.78 is 6.82. The highest BCUT2D eigenvalue weighted by Crippen LogP contribution is 2.85. The van der Waals surface area contributed by atoms with Gasteiger partial charge in [0.15, 0.2) is 5.96 Å². The molecule has 3 spiro atoms. The highest BCUT2D eigenvalue weighted by Gasteiger charge is 2.92. The van der Waals surface area contributed by atoms with Gasteiger partial charge >= 0.3 is 0 Å². The first-order valence-electron chi connectivity index (χ1n) is 12.0. The molecule has 162 valence electrons. The van der Waals surface area contributed by atoms with Crippen molar-refractivity contribution in [1.82, 2.24) is 4.90 Å². The van der Waals surface area contributed by atoms with Gasteiger partial charge in [-0.15, -0.1) is 0 Å². The number of guanidine groups is 1. The minimum atomic E-state index is -0.289. The summed E-state index contributed by atoms with van der Waals surface area (Å²) in [4.78, 5) is 7.49. The molecule has 2 fully saturated rings. The van der Waals surface area contributed by atoms with Crippen molar-refractivity contribution in [1.29, 1.82) is 0 Å². The zero-order chi connectivity index (χ0) is 21.3. The van der Waals surface area contributed by atoms with Crippen LogP contribution in [0.15, 0.2) is 53.5 Å². The van der Waals surface area contributed by atoms with Crippen LogP contribution < -0.4 is 5.73 Å². The first kappa shape index (κ1) is 19.4. The van der Waals surface area contributed by atoms with Crippen molar-refractivity contribution in [3.8, 4) is 0 Å². The van der Waals surface area contributed by atoms with E-state index in [-0.39, 0.29) is 22.6 Å². The van der Waals surface area contributed by atoms with E-state index in [1.165, 1.54) is 41.5 Å². The molecule has 0 amide bonds. The Morgan fingerprint density at radius 2 is 1.81 bits per heavy atom. The van der Waals surface area contributed by atoms with Crippen molar-refractivity contribution in [2.24, 2.45) is 16.1 Å². The summed E-state index contributed by atoms with van der Waals surface area (Å²) in [5.74, 6) is 0.656. The summed E-state index contributed by atoms with van der Waals surface area (Å²) in [5, 5.41) is 0. The van der Waals surface area contributed by atoms with Crippen molar-refractivity contribution in [2.45, 2.75) is 76.0 Å². The summed E-state index contributed by atoms with van der Waals surface area (Å²) >= 11 is 0. The second-order valence-electron chi connectivity index (χ2n) is 10.3. The molecule has 1 aliphatic heterocycles. The standard InChI is InChI=1S/C27H33N3O/c1-19(2)30-18-31-26-15-7-6-14-25(26)17-22-13-12-21(11-10-20-8-4-3-5-9-20)16-23(22)27(25,26)29-24(30)28/h3-5,8-9,12-13,16,19H,6-7,10-11,14-15,17-18H2,1-2H3,(H2,28,29)/t25-,26?,27?/m0/s1. The molecule has 2 N–H and O–H groups in total. The number of hydrogen-bond acceptors (Lipinski definition) is 4. The zero-order valence-corrected chi connectivity index (χ0v) is 18.7. The third kappa shape index (κ3) is 2.37. The number of nitrogens with zero attached hydrogens (tertiary/aromatic N) is 2. The Balaban J connectivity index is 1.41. The van der Waals surface area contributed by atoms with Gasteiger partial charge in [-0.05, 0) is 68.2 Å². The number of aliphatic imine (C=N–C) groups is 1. The molecule has 4 nitrogen and oxygen atoms in total. The smallest absolute Gasteiger partial charge is 0.194 e. The van der Waals surface area contributed by atoms with Gasteiger partial charge in [0, 0.05) is 11.5 Å². The number of fused-ring (bicyclic) bond motifs is 1.